The zero-order valence-electron chi connectivity index (χ0n) is 8.81. The van der Waals surface area contributed by atoms with Gasteiger partial charge < -0.3 is 14.6 Å². The third-order valence-corrected chi connectivity index (χ3v) is 2.11. The first kappa shape index (κ1) is 12.3. The summed E-state index contributed by atoms with van der Waals surface area (Å²) >= 11 is 0. The highest BCUT2D eigenvalue weighted by atomic mass is 16.4. The molecule has 1 rings (SSSR count). The lowest BCUT2D eigenvalue weighted by Gasteiger charge is -1.96. The van der Waals surface area contributed by atoms with Crippen LogP contribution in [0.3, 0.4) is 0 Å². The summed E-state index contributed by atoms with van der Waals surface area (Å²) in [4.78, 5) is 20.6. The maximum absolute atomic E-state index is 10.4. The molecular weight excluding hydrogens is 212 g/mol. The average Bonchev–Trinajstić information content (AvgIpc) is 2.59. The van der Waals surface area contributed by atoms with Crippen molar-refractivity contribution in [2.45, 2.75) is 32.1 Å². The van der Waals surface area contributed by atoms with Crippen LogP contribution in [-0.2, 0) is 22.4 Å². The molecule has 0 aromatic carbocycles. The number of carboxylic acids is 2. The predicted octanol–water partition coefficient (Wildman–Crippen LogP) is 1.70. The summed E-state index contributed by atoms with van der Waals surface area (Å²) in [5.41, 5.74) is 0. The van der Waals surface area contributed by atoms with Gasteiger partial charge in [0.1, 0.15) is 17.9 Å². The van der Waals surface area contributed by atoms with Gasteiger partial charge in [-0.05, 0) is 25.0 Å². The third kappa shape index (κ3) is 4.63. The molecule has 88 valence electrons. The van der Waals surface area contributed by atoms with Crippen LogP contribution in [0.5, 0.6) is 0 Å². The lowest BCUT2D eigenvalue weighted by molar-refractivity contribution is -0.137. The summed E-state index contributed by atoms with van der Waals surface area (Å²) in [5.74, 6) is -0.583. The minimum atomic E-state index is -0.924. The normalized spacial score (nSPS) is 10.2. The number of carboxylic acid groups (broad SMARTS) is 2. The highest BCUT2D eigenvalue weighted by molar-refractivity contribution is 5.69. The van der Waals surface area contributed by atoms with E-state index in [1.807, 2.05) is 0 Å². The van der Waals surface area contributed by atoms with Crippen molar-refractivity contribution in [3.63, 3.8) is 0 Å². The molecular formula is C11H14O5. The zero-order valence-corrected chi connectivity index (χ0v) is 8.81. The third-order valence-electron chi connectivity index (χ3n) is 2.11. The molecule has 0 aliphatic rings. The van der Waals surface area contributed by atoms with Crippen LogP contribution in [-0.4, -0.2) is 22.2 Å². The van der Waals surface area contributed by atoms with Gasteiger partial charge in [0.2, 0.25) is 0 Å². The number of rotatable bonds is 7. The molecule has 1 heterocycles. The molecule has 1 aromatic heterocycles. The summed E-state index contributed by atoms with van der Waals surface area (Å²) < 4.78 is 5.27. The van der Waals surface area contributed by atoms with Crippen LogP contribution < -0.4 is 0 Å². The van der Waals surface area contributed by atoms with Gasteiger partial charge in [0.15, 0.2) is 0 Å². The second-order valence-electron chi connectivity index (χ2n) is 3.54. The van der Waals surface area contributed by atoms with Gasteiger partial charge in [-0.15, -0.1) is 0 Å². The monoisotopic (exact) mass is 226 g/mol. The van der Waals surface area contributed by atoms with Crippen molar-refractivity contribution in [1.29, 1.82) is 0 Å². The largest absolute Gasteiger partial charge is 0.481 e. The van der Waals surface area contributed by atoms with E-state index in [0.717, 1.165) is 6.42 Å². The summed E-state index contributed by atoms with van der Waals surface area (Å²) in [5, 5.41) is 17.0. The van der Waals surface area contributed by atoms with Crippen LogP contribution in [0.1, 0.15) is 30.8 Å². The van der Waals surface area contributed by atoms with Gasteiger partial charge in [0, 0.05) is 12.8 Å². The Labute approximate surface area is 92.7 Å². The first-order valence-electron chi connectivity index (χ1n) is 5.09. The van der Waals surface area contributed by atoms with E-state index in [1.165, 1.54) is 0 Å². The quantitative estimate of drug-likeness (QED) is 0.691. The van der Waals surface area contributed by atoms with E-state index in [9.17, 15) is 9.59 Å². The standard InChI is InChI=1S/C11H14O5/c12-10(13)4-2-1-3-8-5-6-9(16-8)7-11(14)15/h5-6H,1-4,7H2,(H,12,13)(H,14,15). The highest BCUT2D eigenvalue weighted by Crippen LogP contribution is 2.12. The Balaban J connectivity index is 2.29. The number of aryl methyl sites for hydroxylation is 1. The molecule has 16 heavy (non-hydrogen) atoms. The Morgan fingerprint density at radius 2 is 1.75 bits per heavy atom. The number of carbonyl (C=O) groups is 2. The first-order valence-corrected chi connectivity index (χ1v) is 5.09. The highest BCUT2D eigenvalue weighted by Gasteiger charge is 2.06. The summed E-state index contributed by atoms with van der Waals surface area (Å²) in [6.45, 7) is 0. The lowest BCUT2D eigenvalue weighted by Crippen LogP contribution is -1.98. The van der Waals surface area contributed by atoms with E-state index < -0.39 is 11.9 Å². The van der Waals surface area contributed by atoms with E-state index in [1.54, 1.807) is 12.1 Å². The molecule has 0 spiro atoms. The van der Waals surface area contributed by atoms with E-state index >= 15 is 0 Å². The van der Waals surface area contributed by atoms with Crippen LogP contribution in [0, 0.1) is 0 Å². The van der Waals surface area contributed by atoms with Crippen LogP contribution in [0.15, 0.2) is 16.5 Å². The molecule has 5 heteroatoms. The smallest absolute Gasteiger partial charge is 0.311 e. The van der Waals surface area contributed by atoms with Gasteiger partial charge in [0.05, 0.1) is 0 Å². The van der Waals surface area contributed by atoms with E-state index in [2.05, 4.69) is 0 Å². The van der Waals surface area contributed by atoms with E-state index in [0.29, 0.717) is 24.4 Å². The molecule has 0 aliphatic carbocycles. The molecule has 0 aliphatic heterocycles. The maximum atomic E-state index is 10.4. The number of hydrogen-bond donors (Lipinski definition) is 2. The summed E-state index contributed by atoms with van der Waals surface area (Å²) in [6, 6.07) is 3.37. The van der Waals surface area contributed by atoms with Gasteiger partial charge in [0.25, 0.3) is 0 Å². The predicted molar refractivity (Wildman–Crippen MR) is 55.2 cm³/mol. The van der Waals surface area contributed by atoms with Crippen LogP contribution in [0.2, 0.25) is 0 Å². The van der Waals surface area contributed by atoms with Crippen molar-refractivity contribution in [1.82, 2.24) is 0 Å². The van der Waals surface area contributed by atoms with Gasteiger partial charge in [-0.1, -0.05) is 0 Å². The maximum Gasteiger partial charge on any atom is 0.311 e. The Kier molecular flexibility index (Phi) is 4.57. The molecule has 0 radical (unpaired) electrons. The zero-order chi connectivity index (χ0) is 12.0. The molecule has 0 atom stereocenters. The van der Waals surface area contributed by atoms with Gasteiger partial charge >= 0.3 is 11.9 Å². The molecule has 0 unspecified atom stereocenters. The van der Waals surface area contributed by atoms with E-state index in [4.69, 9.17) is 14.6 Å². The fourth-order valence-corrected chi connectivity index (χ4v) is 1.38. The molecule has 2 N–H and O–H groups in total. The van der Waals surface area contributed by atoms with Crippen molar-refractivity contribution < 1.29 is 24.2 Å². The fraction of sp³-hybridized carbons (Fsp3) is 0.455. The topological polar surface area (TPSA) is 87.7 Å². The molecule has 0 saturated heterocycles. The second-order valence-corrected chi connectivity index (χ2v) is 3.54. The Morgan fingerprint density at radius 3 is 2.38 bits per heavy atom. The van der Waals surface area contributed by atoms with Crippen LogP contribution in [0.25, 0.3) is 0 Å². The Morgan fingerprint density at radius 1 is 1.06 bits per heavy atom. The molecule has 1 aromatic rings. The number of furan rings is 1. The van der Waals surface area contributed by atoms with Crippen LogP contribution >= 0.6 is 0 Å². The molecule has 0 bridgehead atoms. The average molecular weight is 226 g/mol. The SMILES string of the molecule is O=C(O)CCCCc1ccc(CC(=O)O)o1. The summed E-state index contributed by atoms with van der Waals surface area (Å²) in [7, 11) is 0. The molecule has 0 saturated carbocycles. The van der Waals surface area contributed by atoms with Gasteiger partial charge in [-0.3, -0.25) is 9.59 Å². The van der Waals surface area contributed by atoms with Crippen molar-refractivity contribution in [2.75, 3.05) is 0 Å². The van der Waals surface area contributed by atoms with Crippen molar-refractivity contribution in [2.24, 2.45) is 0 Å². The van der Waals surface area contributed by atoms with Gasteiger partial charge in [-0.25, -0.2) is 0 Å². The minimum absolute atomic E-state index is 0.116. The van der Waals surface area contributed by atoms with Gasteiger partial charge in [-0.2, -0.15) is 0 Å². The molecule has 0 amide bonds. The lowest BCUT2D eigenvalue weighted by atomic mass is 10.1. The van der Waals surface area contributed by atoms with Crippen LogP contribution in [0.4, 0.5) is 0 Å². The second kappa shape index (κ2) is 5.95. The van der Waals surface area contributed by atoms with Crippen molar-refractivity contribution in [3.8, 4) is 0 Å². The summed E-state index contributed by atoms with van der Waals surface area (Å²) in [6.07, 6.45) is 2.02. The number of unbranched alkanes of at least 4 members (excludes halogenated alkanes) is 1. The number of hydrogen-bond acceptors (Lipinski definition) is 3. The molecule has 5 nitrogen and oxygen atoms in total. The first-order chi connectivity index (χ1) is 7.58. The number of aliphatic carboxylic acids is 2. The Bertz CT molecular complexity index is 366. The minimum Gasteiger partial charge on any atom is -0.481 e. The molecule has 0 fully saturated rings. The fourth-order valence-electron chi connectivity index (χ4n) is 1.38. The van der Waals surface area contributed by atoms with E-state index in [-0.39, 0.29) is 12.8 Å². The van der Waals surface area contributed by atoms with Crippen molar-refractivity contribution >= 4 is 11.9 Å². The Hall–Kier alpha value is -1.78. The van der Waals surface area contributed by atoms with Crippen molar-refractivity contribution in [3.05, 3.63) is 23.7 Å².